The van der Waals surface area contributed by atoms with E-state index < -0.39 is 45.8 Å². The molecule has 2 aromatic rings. The van der Waals surface area contributed by atoms with Gasteiger partial charge in [-0.1, -0.05) is 63.7 Å². The van der Waals surface area contributed by atoms with E-state index in [-0.39, 0.29) is 36.6 Å². The second kappa shape index (κ2) is 9.33. The number of carbonyl (C=O) groups is 2. The van der Waals surface area contributed by atoms with Crippen molar-refractivity contribution in [3.63, 3.8) is 0 Å². The van der Waals surface area contributed by atoms with Crippen LogP contribution in [0.3, 0.4) is 0 Å². The predicted octanol–water partition coefficient (Wildman–Crippen LogP) is 5.69. The van der Waals surface area contributed by atoms with Crippen LogP contribution in [-0.4, -0.2) is 44.7 Å². The fraction of sp³-hybridized carbons (Fsp3) is 0.515. The molecule has 0 aliphatic heterocycles. The van der Waals surface area contributed by atoms with Crippen LogP contribution in [-0.2, 0) is 26.3 Å². The fourth-order valence-electron chi connectivity index (χ4n) is 7.88. The summed E-state index contributed by atoms with van der Waals surface area (Å²) in [5, 5.41) is 38.0. The normalized spacial score (nSPS) is 31.3. The van der Waals surface area contributed by atoms with Gasteiger partial charge < -0.3 is 24.8 Å². The summed E-state index contributed by atoms with van der Waals surface area (Å²) in [4.78, 5) is 25.4. The summed E-state index contributed by atoms with van der Waals surface area (Å²) in [6.45, 7) is 15.4. The number of carbonyl (C=O) groups excluding carboxylic acids is 2. The molecule has 8 nitrogen and oxygen atoms in total. The van der Waals surface area contributed by atoms with Crippen LogP contribution >= 0.6 is 0 Å². The summed E-state index contributed by atoms with van der Waals surface area (Å²) < 4.78 is 11.3. The molecule has 0 unspecified atom stereocenters. The molecule has 5 rings (SSSR count). The highest BCUT2D eigenvalue weighted by molar-refractivity contribution is 5.87. The molecule has 41 heavy (non-hydrogen) atoms. The Bertz CT molecular complexity index is 1420. The topological polar surface area (TPSA) is 125 Å². The Labute approximate surface area is 241 Å². The quantitative estimate of drug-likeness (QED) is 0.272. The van der Waals surface area contributed by atoms with Gasteiger partial charge in [0.15, 0.2) is 0 Å². The zero-order valence-corrected chi connectivity index (χ0v) is 24.7. The van der Waals surface area contributed by atoms with Gasteiger partial charge in [-0.15, -0.1) is 0 Å². The smallest absolute Gasteiger partial charge is 0.412 e. The molecule has 2 fully saturated rings. The number of anilines is 1. The van der Waals surface area contributed by atoms with Gasteiger partial charge >= 0.3 is 12.1 Å². The number of fused-ring (bicyclic) bond motifs is 7. The number of para-hydroxylation sites is 1. The Morgan fingerprint density at radius 2 is 1.76 bits per heavy atom. The van der Waals surface area contributed by atoms with Crippen molar-refractivity contribution in [3.05, 3.63) is 65.7 Å². The molecule has 220 valence electrons. The maximum Gasteiger partial charge on any atom is 0.412 e. The molecule has 3 aliphatic rings. The number of esters is 1. The number of aliphatic hydroxyl groups is 2. The second-order valence-corrected chi connectivity index (χ2v) is 13.6. The minimum Gasteiger partial charge on any atom is -0.505 e. The van der Waals surface area contributed by atoms with Gasteiger partial charge in [-0.05, 0) is 67.4 Å². The van der Waals surface area contributed by atoms with Crippen molar-refractivity contribution in [2.45, 2.75) is 90.1 Å². The van der Waals surface area contributed by atoms with E-state index >= 15 is 0 Å². The van der Waals surface area contributed by atoms with Crippen LogP contribution in [0, 0.1) is 16.7 Å². The highest BCUT2D eigenvalue weighted by Gasteiger charge is 2.84. The minimum absolute atomic E-state index is 0.0145. The van der Waals surface area contributed by atoms with Crippen molar-refractivity contribution in [1.82, 2.24) is 0 Å². The van der Waals surface area contributed by atoms with Crippen LogP contribution in [0.25, 0.3) is 5.57 Å². The van der Waals surface area contributed by atoms with E-state index in [0.717, 1.165) is 11.1 Å². The summed E-state index contributed by atoms with van der Waals surface area (Å²) in [6.07, 6.45) is -0.552. The van der Waals surface area contributed by atoms with Gasteiger partial charge in [-0.3, -0.25) is 10.1 Å². The van der Waals surface area contributed by atoms with E-state index in [0.29, 0.717) is 17.5 Å². The molecule has 1 amide bonds. The van der Waals surface area contributed by atoms with Crippen molar-refractivity contribution in [3.8, 4) is 5.75 Å². The number of ether oxygens (including phenoxy) is 2. The molecular weight excluding hydrogens is 522 g/mol. The Hall–Kier alpha value is -3.36. The van der Waals surface area contributed by atoms with E-state index in [4.69, 9.17) is 9.47 Å². The third kappa shape index (κ3) is 4.09. The van der Waals surface area contributed by atoms with Gasteiger partial charge in [0, 0.05) is 24.2 Å². The number of phenolic OH excluding ortho intramolecular Hbond substituents is 1. The number of amides is 1. The Kier molecular flexibility index (Phi) is 6.63. The number of aryl methyl sites for hydroxylation is 1. The number of nitrogens with one attached hydrogen (secondary N) is 1. The summed E-state index contributed by atoms with van der Waals surface area (Å²) in [7, 11) is 0. The average molecular weight is 564 g/mol. The maximum absolute atomic E-state index is 13.2. The van der Waals surface area contributed by atoms with Crippen molar-refractivity contribution < 1.29 is 34.4 Å². The highest BCUT2D eigenvalue weighted by atomic mass is 16.6. The summed E-state index contributed by atoms with van der Waals surface area (Å²) in [5.74, 6) is -0.957. The van der Waals surface area contributed by atoms with Crippen LogP contribution in [0.4, 0.5) is 10.5 Å². The fourth-order valence-corrected chi connectivity index (χ4v) is 7.88. The third-order valence-electron chi connectivity index (χ3n) is 10.1. The van der Waals surface area contributed by atoms with Gasteiger partial charge in [0.1, 0.15) is 28.7 Å². The van der Waals surface area contributed by atoms with E-state index in [9.17, 15) is 24.9 Å². The SMILES string of the molecule is C=C1C[C@]2(O)[C@](O)(c3ccccc31)[C@H]1C[C@@H](OC(=O)CCc3cccc(NC(=O)OC(C)(C)C)c3O)[C@]2(C)C1(C)C. The lowest BCUT2D eigenvalue weighted by molar-refractivity contribution is -0.244. The molecule has 0 heterocycles. The number of benzene rings is 2. The molecule has 2 bridgehead atoms. The first-order valence-electron chi connectivity index (χ1n) is 14.2. The molecule has 2 aromatic carbocycles. The van der Waals surface area contributed by atoms with E-state index in [1.165, 1.54) is 0 Å². The molecular formula is C33H41NO7. The van der Waals surface area contributed by atoms with Crippen LogP contribution in [0.15, 0.2) is 49.0 Å². The summed E-state index contributed by atoms with van der Waals surface area (Å²) in [5.41, 5.74) is -2.33. The summed E-state index contributed by atoms with van der Waals surface area (Å²) >= 11 is 0. The van der Waals surface area contributed by atoms with Crippen molar-refractivity contribution in [2.24, 2.45) is 16.7 Å². The molecule has 5 atom stereocenters. The van der Waals surface area contributed by atoms with Gasteiger partial charge in [-0.2, -0.15) is 0 Å². The van der Waals surface area contributed by atoms with Crippen molar-refractivity contribution in [1.29, 1.82) is 0 Å². The zero-order valence-electron chi connectivity index (χ0n) is 24.7. The van der Waals surface area contributed by atoms with Crippen LogP contribution in [0.2, 0.25) is 0 Å². The average Bonchev–Trinajstić information content (AvgIpc) is 3.13. The van der Waals surface area contributed by atoms with Crippen molar-refractivity contribution >= 4 is 23.3 Å². The largest absolute Gasteiger partial charge is 0.505 e. The number of phenols is 1. The number of aromatic hydroxyl groups is 1. The number of rotatable bonds is 5. The first-order chi connectivity index (χ1) is 19.0. The van der Waals surface area contributed by atoms with Crippen LogP contribution in [0.5, 0.6) is 5.75 Å². The van der Waals surface area contributed by atoms with Gasteiger partial charge in [0.05, 0.1) is 5.69 Å². The Morgan fingerprint density at radius 3 is 2.44 bits per heavy atom. The van der Waals surface area contributed by atoms with Gasteiger partial charge in [0.25, 0.3) is 0 Å². The standard InChI is InChI=1S/C33H41NO7/c1-19-18-32(38)31(7)25(17-24(30(31,5)6)33(32,39)22-13-9-8-12-21(19)22)40-26(35)16-15-20-11-10-14-23(27(20)36)34-28(37)41-29(2,3)4/h8-14,24-25,36,38-39H,1,15-18H2,2-7H3,(H,34,37)/t24-,25+,31+,32+,33-/m0/s1. The van der Waals surface area contributed by atoms with Crippen LogP contribution < -0.4 is 5.32 Å². The highest BCUT2D eigenvalue weighted by Crippen LogP contribution is 2.79. The molecule has 0 spiro atoms. The minimum atomic E-state index is -1.58. The predicted molar refractivity (Wildman–Crippen MR) is 155 cm³/mol. The lowest BCUT2D eigenvalue weighted by Gasteiger charge is -2.56. The summed E-state index contributed by atoms with van der Waals surface area (Å²) in [6, 6.07) is 12.5. The van der Waals surface area contributed by atoms with Crippen LogP contribution in [0.1, 0.15) is 77.5 Å². The molecule has 4 N–H and O–H groups in total. The van der Waals surface area contributed by atoms with Gasteiger partial charge in [0.2, 0.25) is 0 Å². The van der Waals surface area contributed by atoms with Crippen molar-refractivity contribution in [2.75, 3.05) is 5.32 Å². The monoisotopic (exact) mass is 563 g/mol. The molecule has 0 radical (unpaired) electrons. The maximum atomic E-state index is 13.2. The number of hydrogen-bond donors (Lipinski definition) is 4. The molecule has 0 saturated heterocycles. The Morgan fingerprint density at radius 1 is 1.07 bits per heavy atom. The lowest BCUT2D eigenvalue weighted by atomic mass is 9.54. The molecule has 3 aliphatic carbocycles. The lowest BCUT2D eigenvalue weighted by Crippen LogP contribution is -2.66. The molecule has 0 aromatic heterocycles. The zero-order chi connectivity index (χ0) is 30.2. The second-order valence-electron chi connectivity index (χ2n) is 13.6. The first kappa shape index (κ1) is 29.1. The van der Waals surface area contributed by atoms with E-state index in [1.807, 2.05) is 45.0 Å². The number of hydrogen-bond acceptors (Lipinski definition) is 7. The molecule has 2 saturated carbocycles. The first-order valence-corrected chi connectivity index (χ1v) is 14.2. The van der Waals surface area contributed by atoms with E-state index in [2.05, 4.69) is 11.9 Å². The molecule has 8 heteroatoms. The van der Waals surface area contributed by atoms with Gasteiger partial charge in [-0.25, -0.2) is 4.79 Å². The Balaban J connectivity index is 1.33. The van der Waals surface area contributed by atoms with E-state index in [1.54, 1.807) is 39.0 Å². The third-order valence-corrected chi connectivity index (χ3v) is 10.1.